The zero-order valence-electron chi connectivity index (χ0n) is 10.4. The first-order valence-electron chi connectivity index (χ1n) is 6.11. The maximum absolute atomic E-state index is 11.6. The normalized spacial score (nSPS) is 18.4. The van der Waals surface area contributed by atoms with E-state index in [9.17, 15) is 14.7 Å². The Morgan fingerprint density at radius 2 is 1.72 bits per heavy atom. The lowest BCUT2D eigenvalue weighted by atomic mass is 9.73. The van der Waals surface area contributed by atoms with Crippen molar-refractivity contribution in [3.63, 3.8) is 0 Å². The molecule has 0 saturated carbocycles. The summed E-state index contributed by atoms with van der Waals surface area (Å²) >= 11 is 0. The van der Waals surface area contributed by atoms with E-state index in [1.54, 1.807) is 4.90 Å². The molecule has 0 radical (unpaired) electrons. The number of rotatable bonds is 2. The molecule has 0 aliphatic carbocycles. The summed E-state index contributed by atoms with van der Waals surface area (Å²) in [6, 6.07) is 9.31. The van der Waals surface area contributed by atoms with Crippen molar-refractivity contribution in [1.82, 2.24) is 4.90 Å². The van der Waals surface area contributed by atoms with Crippen molar-refractivity contribution in [3.8, 4) is 0 Å². The molecule has 18 heavy (non-hydrogen) atoms. The van der Waals surface area contributed by atoms with E-state index in [1.807, 2.05) is 30.3 Å². The molecule has 1 aliphatic rings. The molecular weight excluding hydrogens is 230 g/mol. The van der Waals surface area contributed by atoms with Gasteiger partial charge in [0, 0.05) is 20.0 Å². The van der Waals surface area contributed by atoms with Gasteiger partial charge in [-0.1, -0.05) is 30.3 Å². The fourth-order valence-corrected chi connectivity index (χ4v) is 2.59. The fraction of sp³-hybridized carbons (Fsp3) is 0.429. The van der Waals surface area contributed by atoms with E-state index in [1.165, 1.54) is 6.92 Å². The Morgan fingerprint density at radius 1 is 1.17 bits per heavy atom. The zero-order valence-corrected chi connectivity index (χ0v) is 10.4. The molecule has 1 aromatic rings. The Bertz CT molecular complexity index is 447. The molecule has 1 N–H and O–H groups in total. The van der Waals surface area contributed by atoms with Gasteiger partial charge in [-0.2, -0.15) is 0 Å². The number of hydrogen-bond donors (Lipinski definition) is 1. The molecule has 96 valence electrons. The highest BCUT2D eigenvalue weighted by Crippen LogP contribution is 2.35. The highest BCUT2D eigenvalue weighted by atomic mass is 16.4. The molecule has 1 aromatic carbocycles. The molecule has 0 aromatic heterocycles. The van der Waals surface area contributed by atoms with E-state index < -0.39 is 11.4 Å². The number of likely N-dealkylation sites (tertiary alicyclic amines) is 1. The lowest BCUT2D eigenvalue weighted by molar-refractivity contribution is -0.148. The molecule has 0 unspecified atom stereocenters. The van der Waals surface area contributed by atoms with Gasteiger partial charge in [-0.05, 0) is 18.4 Å². The highest BCUT2D eigenvalue weighted by molar-refractivity contribution is 5.82. The van der Waals surface area contributed by atoms with Gasteiger partial charge in [0.05, 0.1) is 5.41 Å². The molecule has 0 spiro atoms. The second-order valence-electron chi connectivity index (χ2n) is 4.76. The van der Waals surface area contributed by atoms with Gasteiger partial charge in [0.2, 0.25) is 5.91 Å². The minimum Gasteiger partial charge on any atom is -0.481 e. The van der Waals surface area contributed by atoms with Crippen molar-refractivity contribution in [1.29, 1.82) is 0 Å². The monoisotopic (exact) mass is 247 g/mol. The predicted octanol–water partition coefficient (Wildman–Crippen LogP) is 1.65. The molecule has 2 rings (SSSR count). The lowest BCUT2D eigenvalue weighted by Gasteiger charge is -2.38. The van der Waals surface area contributed by atoms with E-state index in [0.717, 1.165) is 5.56 Å². The Hall–Kier alpha value is -1.84. The summed E-state index contributed by atoms with van der Waals surface area (Å²) < 4.78 is 0. The fourth-order valence-electron chi connectivity index (χ4n) is 2.59. The first kappa shape index (κ1) is 12.6. The smallest absolute Gasteiger partial charge is 0.314 e. The van der Waals surface area contributed by atoms with Crippen LogP contribution in [0.2, 0.25) is 0 Å². The molecule has 0 bridgehead atoms. The number of carbonyl (C=O) groups is 2. The summed E-state index contributed by atoms with van der Waals surface area (Å²) in [5.74, 6) is -0.779. The Labute approximate surface area is 106 Å². The van der Waals surface area contributed by atoms with Crippen LogP contribution in [-0.4, -0.2) is 35.0 Å². The van der Waals surface area contributed by atoms with Crippen LogP contribution in [0.15, 0.2) is 30.3 Å². The summed E-state index contributed by atoms with van der Waals surface area (Å²) in [4.78, 5) is 24.7. The number of carboxylic acids is 1. The van der Waals surface area contributed by atoms with Crippen LogP contribution in [0, 0.1) is 0 Å². The first-order chi connectivity index (χ1) is 8.56. The summed E-state index contributed by atoms with van der Waals surface area (Å²) in [5, 5.41) is 9.56. The van der Waals surface area contributed by atoms with Crippen molar-refractivity contribution in [3.05, 3.63) is 35.9 Å². The number of carboxylic acid groups (broad SMARTS) is 1. The number of aliphatic carboxylic acids is 1. The van der Waals surface area contributed by atoms with Crippen LogP contribution in [0.3, 0.4) is 0 Å². The minimum absolute atomic E-state index is 0.0158. The number of amides is 1. The van der Waals surface area contributed by atoms with Gasteiger partial charge in [-0.15, -0.1) is 0 Å². The van der Waals surface area contributed by atoms with Crippen molar-refractivity contribution in [2.24, 2.45) is 0 Å². The summed E-state index contributed by atoms with van der Waals surface area (Å²) in [7, 11) is 0. The van der Waals surface area contributed by atoms with Crippen molar-refractivity contribution in [2.45, 2.75) is 25.2 Å². The Morgan fingerprint density at radius 3 is 2.17 bits per heavy atom. The lowest BCUT2D eigenvalue weighted by Crippen LogP contribution is -2.48. The molecular formula is C14H17NO3. The van der Waals surface area contributed by atoms with Gasteiger partial charge in [-0.3, -0.25) is 9.59 Å². The second-order valence-corrected chi connectivity index (χ2v) is 4.76. The topological polar surface area (TPSA) is 57.6 Å². The first-order valence-corrected chi connectivity index (χ1v) is 6.11. The number of benzene rings is 1. The molecule has 1 heterocycles. The summed E-state index contributed by atoms with van der Waals surface area (Å²) in [5.41, 5.74) is -0.00609. The summed E-state index contributed by atoms with van der Waals surface area (Å²) in [6.45, 7) is 2.54. The number of hydrogen-bond acceptors (Lipinski definition) is 2. The number of nitrogens with zero attached hydrogens (tertiary/aromatic N) is 1. The van der Waals surface area contributed by atoms with E-state index in [-0.39, 0.29) is 5.91 Å². The van der Waals surface area contributed by atoms with Crippen LogP contribution in [0.4, 0.5) is 0 Å². The van der Waals surface area contributed by atoms with Gasteiger partial charge in [-0.25, -0.2) is 0 Å². The van der Waals surface area contributed by atoms with Crippen LogP contribution >= 0.6 is 0 Å². The van der Waals surface area contributed by atoms with Gasteiger partial charge in [0.25, 0.3) is 0 Å². The van der Waals surface area contributed by atoms with Crippen molar-refractivity contribution >= 4 is 11.9 Å². The maximum atomic E-state index is 11.6. The largest absolute Gasteiger partial charge is 0.481 e. The number of carbonyl (C=O) groups excluding carboxylic acids is 1. The average molecular weight is 247 g/mol. The Balaban J connectivity index is 2.27. The van der Waals surface area contributed by atoms with Gasteiger partial charge in [0.1, 0.15) is 0 Å². The maximum Gasteiger partial charge on any atom is 0.314 e. The minimum atomic E-state index is -0.840. The van der Waals surface area contributed by atoms with E-state index >= 15 is 0 Å². The predicted molar refractivity (Wildman–Crippen MR) is 67.2 cm³/mol. The third-order valence-electron chi connectivity index (χ3n) is 3.80. The zero-order chi connectivity index (χ0) is 13.2. The average Bonchev–Trinajstić information content (AvgIpc) is 2.39. The van der Waals surface area contributed by atoms with Gasteiger partial charge < -0.3 is 10.0 Å². The molecule has 1 amide bonds. The van der Waals surface area contributed by atoms with E-state index in [2.05, 4.69) is 0 Å². The van der Waals surface area contributed by atoms with Gasteiger partial charge >= 0.3 is 5.97 Å². The standard InChI is InChI=1S/C14H17NO3/c1-11(16)15-9-7-14(8-10-15,13(17)18)12-5-3-2-4-6-12/h2-6H,7-10H2,1H3,(H,17,18). The molecule has 1 fully saturated rings. The van der Waals surface area contributed by atoms with Crippen LogP contribution in [0.1, 0.15) is 25.3 Å². The van der Waals surface area contributed by atoms with Crippen molar-refractivity contribution in [2.75, 3.05) is 13.1 Å². The van der Waals surface area contributed by atoms with Crippen LogP contribution in [0.5, 0.6) is 0 Å². The van der Waals surface area contributed by atoms with Crippen LogP contribution in [0.25, 0.3) is 0 Å². The molecule has 4 heteroatoms. The molecule has 1 saturated heterocycles. The van der Waals surface area contributed by atoms with E-state index in [4.69, 9.17) is 0 Å². The van der Waals surface area contributed by atoms with Gasteiger partial charge in [0.15, 0.2) is 0 Å². The molecule has 1 aliphatic heterocycles. The third-order valence-corrected chi connectivity index (χ3v) is 3.80. The van der Waals surface area contributed by atoms with Crippen LogP contribution < -0.4 is 0 Å². The highest BCUT2D eigenvalue weighted by Gasteiger charge is 2.43. The number of piperidine rings is 1. The van der Waals surface area contributed by atoms with Crippen molar-refractivity contribution < 1.29 is 14.7 Å². The second kappa shape index (κ2) is 4.80. The molecule has 4 nitrogen and oxygen atoms in total. The quantitative estimate of drug-likeness (QED) is 0.864. The Kier molecular flexibility index (Phi) is 3.36. The molecule has 0 atom stereocenters. The SMILES string of the molecule is CC(=O)N1CCC(C(=O)O)(c2ccccc2)CC1. The van der Waals surface area contributed by atoms with E-state index in [0.29, 0.717) is 25.9 Å². The third kappa shape index (κ3) is 2.10. The van der Waals surface area contributed by atoms with Crippen LogP contribution in [-0.2, 0) is 15.0 Å². The summed E-state index contributed by atoms with van der Waals surface area (Å²) in [6.07, 6.45) is 0.956.